The molecule has 1 N–H and O–H groups in total. The van der Waals surface area contributed by atoms with Crippen molar-refractivity contribution in [1.29, 1.82) is 0 Å². The van der Waals surface area contributed by atoms with Crippen molar-refractivity contribution < 1.29 is 9.23 Å². The third-order valence-electron chi connectivity index (χ3n) is 3.81. The number of nitrogens with one attached hydrogen (secondary N) is 1. The Morgan fingerprint density at radius 3 is 3.21 bits per heavy atom. The molecule has 1 aromatic heterocycles. The Labute approximate surface area is 111 Å². The van der Waals surface area contributed by atoms with E-state index in [1.807, 2.05) is 0 Å². The van der Waals surface area contributed by atoms with Gasteiger partial charge in [0.2, 0.25) is 0 Å². The first-order chi connectivity index (χ1) is 9.22. The molecular formula is C13H17FN4O. The highest BCUT2D eigenvalue weighted by Crippen LogP contribution is 2.35. The van der Waals surface area contributed by atoms with E-state index < -0.39 is 0 Å². The summed E-state index contributed by atoms with van der Waals surface area (Å²) in [6.45, 7) is 3.99. The van der Waals surface area contributed by atoms with Crippen LogP contribution in [-0.4, -0.2) is 43.5 Å². The van der Waals surface area contributed by atoms with Crippen molar-refractivity contribution in [3.05, 3.63) is 23.1 Å². The molecule has 0 bridgehead atoms. The normalized spacial score (nSPS) is 25.5. The fourth-order valence-electron chi connectivity index (χ4n) is 3.00. The molecule has 19 heavy (non-hydrogen) atoms. The summed E-state index contributed by atoms with van der Waals surface area (Å²) in [5.74, 6) is 0.540. The number of rotatable bonds is 2. The summed E-state index contributed by atoms with van der Waals surface area (Å²) < 4.78 is 13.9. The van der Waals surface area contributed by atoms with E-state index in [0.29, 0.717) is 17.6 Å². The number of aromatic nitrogens is 1. The molecule has 0 aliphatic carbocycles. The Hall–Kier alpha value is -1.69. The van der Waals surface area contributed by atoms with Crippen LogP contribution in [0.25, 0.3) is 0 Å². The Morgan fingerprint density at radius 1 is 1.58 bits per heavy atom. The van der Waals surface area contributed by atoms with Crippen LogP contribution in [0.3, 0.4) is 0 Å². The first-order valence-corrected chi connectivity index (χ1v) is 6.45. The number of pyridine rings is 1. The first-order valence-electron chi connectivity index (χ1n) is 6.45. The maximum atomic E-state index is 13.9. The second-order valence-electron chi connectivity index (χ2n) is 5.01. The van der Waals surface area contributed by atoms with Crippen molar-refractivity contribution >= 4 is 12.0 Å². The molecule has 1 saturated heterocycles. The summed E-state index contributed by atoms with van der Waals surface area (Å²) in [5, 5.41) is 7.09. The number of piperazine rings is 1. The SMILES string of the molecule is CON=Cc1c(F)cnc2c1C[C@@H]1CNC[C@@H](C)N21. The summed E-state index contributed by atoms with van der Waals surface area (Å²) in [4.78, 5) is 11.2. The predicted octanol–water partition coefficient (Wildman–Crippen LogP) is 0.924. The van der Waals surface area contributed by atoms with Crippen LogP contribution in [0.1, 0.15) is 18.1 Å². The maximum absolute atomic E-state index is 13.9. The number of halogens is 1. The van der Waals surface area contributed by atoms with Gasteiger partial charge < -0.3 is 15.1 Å². The van der Waals surface area contributed by atoms with Gasteiger partial charge in [-0.15, -0.1) is 0 Å². The molecule has 3 rings (SSSR count). The van der Waals surface area contributed by atoms with Gasteiger partial charge in [-0.25, -0.2) is 9.37 Å². The molecule has 5 nitrogen and oxygen atoms in total. The van der Waals surface area contributed by atoms with E-state index in [1.165, 1.54) is 19.5 Å². The molecule has 3 heterocycles. The van der Waals surface area contributed by atoms with Crippen molar-refractivity contribution in [3.8, 4) is 0 Å². The molecule has 0 radical (unpaired) electrons. The molecule has 1 aromatic rings. The molecule has 6 heteroatoms. The van der Waals surface area contributed by atoms with Crippen LogP contribution in [0, 0.1) is 5.82 Å². The largest absolute Gasteiger partial charge is 0.399 e. The van der Waals surface area contributed by atoms with Crippen molar-refractivity contribution in [1.82, 2.24) is 10.3 Å². The fourth-order valence-corrected chi connectivity index (χ4v) is 3.00. The maximum Gasteiger partial charge on any atom is 0.150 e. The number of oxime groups is 1. The minimum Gasteiger partial charge on any atom is -0.399 e. The lowest BCUT2D eigenvalue weighted by Gasteiger charge is -2.37. The zero-order chi connectivity index (χ0) is 13.4. The van der Waals surface area contributed by atoms with E-state index in [0.717, 1.165) is 30.9 Å². The third kappa shape index (κ3) is 1.96. The van der Waals surface area contributed by atoms with Crippen LogP contribution < -0.4 is 10.2 Å². The highest BCUT2D eigenvalue weighted by molar-refractivity contribution is 5.85. The summed E-state index contributed by atoms with van der Waals surface area (Å²) in [6, 6.07) is 0.716. The van der Waals surface area contributed by atoms with Crippen LogP contribution >= 0.6 is 0 Å². The van der Waals surface area contributed by atoms with Gasteiger partial charge in [0, 0.05) is 36.3 Å². The second-order valence-corrected chi connectivity index (χ2v) is 5.01. The van der Waals surface area contributed by atoms with E-state index in [2.05, 4.69) is 32.1 Å². The summed E-state index contributed by atoms with van der Waals surface area (Å²) in [7, 11) is 1.45. The van der Waals surface area contributed by atoms with Crippen LogP contribution in [0.5, 0.6) is 0 Å². The number of hydrogen-bond acceptors (Lipinski definition) is 5. The van der Waals surface area contributed by atoms with Gasteiger partial charge in [0.05, 0.1) is 12.4 Å². The smallest absolute Gasteiger partial charge is 0.150 e. The van der Waals surface area contributed by atoms with E-state index in [1.54, 1.807) is 0 Å². The highest BCUT2D eigenvalue weighted by Gasteiger charge is 2.37. The molecule has 2 aliphatic rings. The average molecular weight is 264 g/mol. The Morgan fingerprint density at radius 2 is 2.42 bits per heavy atom. The molecule has 2 aliphatic heterocycles. The topological polar surface area (TPSA) is 49.8 Å². The van der Waals surface area contributed by atoms with Crippen molar-refractivity contribution in [2.24, 2.45) is 5.16 Å². The van der Waals surface area contributed by atoms with E-state index in [9.17, 15) is 4.39 Å². The Balaban J connectivity index is 2.05. The molecule has 0 saturated carbocycles. The van der Waals surface area contributed by atoms with Gasteiger partial charge in [-0.1, -0.05) is 5.16 Å². The molecule has 0 aromatic carbocycles. The van der Waals surface area contributed by atoms with Gasteiger partial charge >= 0.3 is 0 Å². The van der Waals surface area contributed by atoms with E-state index >= 15 is 0 Å². The van der Waals surface area contributed by atoms with Crippen LogP contribution in [0.2, 0.25) is 0 Å². The lowest BCUT2D eigenvalue weighted by molar-refractivity contribution is 0.215. The molecule has 0 amide bonds. The Kier molecular flexibility index (Phi) is 3.10. The van der Waals surface area contributed by atoms with Crippen LogP contribution in [0.15, 0.2) is 11.4 Å². The van der Waals surface area contributed by atoms with Crippen LogP contribution in [-0.2, 0) is 11.3 Å². The number of fused-ring (bicyclic) bond motifs is 3. The van der Waals surface area contributed by atoms with Gasteiger partial charge in [0.1, 0.15) is 12.9 Å². The molecule has 2 atom stereocenters. The van der Waals surface area contributed by atoms with Gasteiger partial charge in [0.15, 0.2) is 5.82 Å². The average Bonchev–Trinajstić information content (AvgIpc) is 2.77. The standard InChI is InChI=1S/C13H17FN4O/c1-8-4-15-5-9-3-10-11(6-17-19-2)12(14)7-16-13(10)18(8)9/h6-9,15H,3-5H2,1-2H3/t8-,9-/m1/s1. The second kappa shape index (κ2) is 4.77. The molecule has 1 fully saturated rings. The summed E-state index contributed by atoms with van der Waals surface area (Å²) >= 11 is 0. The van der Waals surface area contributed by atoms with Crippen LogP contribution in [0.4, 0.5) is 10.2 Å². The minimum absolute atomic E-state index is 0.347. The van der Waals surface area contributed by atoms with Crippen molar-refractivity contribution in [2.45, 2.75) is 25.4 Å². The first kappa shape index (κ1) is 12.3. The highest BCUT2D eigenvalue weighted by atomic mass is 19.1. The lowest BCUT2D eigenvalue weighted by atomic mass is 10.1. The monoisotopic (exact) mass is 264 g/mol. The van der Waals surface area contributed by atoms with Gasteiger partial charge in [-0.2, -0.15) is 0 Å². The van der Waals surface area contributed by atoms with Crippen molar-refractivity contribution in [3.63, 3.8) is 0 Å². The van der Waals surface area contributed by atoms with E-state index in [4.69, 9.17) is 0 Å². The fraction of sp³-hybridized carbons (Fsp3) is 0.538. The minimum atomic E-state index is -0.347. The summed E-state index contributed by atoms with van der Waals surface area (Å²) in [5.41, 5.74) is 1.43. The summed E-state index contributed by atoms with van der Waals surface area (Å²) in [6.07, 6.45) is 3.50. The quantitative estimate of drug-likeness (QED) is 0.637. The zero-order valence-electron chi connectivity index (χ0n) is 11.1. The van der Waals surface area contributed by atoms with Gasteiger partial charge in [-0.3, -0.25) is 0 Å². The molecule has 102 valence electrons. The number of anilines is 1. The zero-order valence-corrected chi connectivity index (χ0v) is 11.1. The molecule has 0 spiro atoms. The van der Waals surface area contributed by atoms with Gasteiger partial charge in [0.25, 0.3) is 0 Å². The molecule has 0 unspecified atom stereocenters. The van der Waals surface area contributed by atoms with E-state index in [-0.39, 0.29) is 5.82 Å². The molecular weight excluding hydrogens is 247 g/mol. The lowest BCUT2D eigenvalue weighted by Crippen LogP contribution is -2.55. The predicted molar refractivity (Wildman–Crippen MR) is 71.1 cm³/mol. The Bertz CT molecular complexity index is 520. The van der Waals surface area contributed by atoms with Gasteiger partial charge in [-0.05, 0) is 13.3 Å². The number of hydrogen-bond donors (Lipinski definition) is 1. The number of nitrogens with zero attached hydrogens (tertiary/aromatic N) is 3. The van der Waals surface area contributed by atoms with Crippen molar-refractivity contribution in [2.75, 3.05) is 25.1 Å². The third-order valence-corrected chi connectivity index (χ3v) is 3.81.